The van der Waals surface area contributed by atoms with Crippen LogP contribution in [0.4, 0.5) is 4.79 Å². The van der Waals surface area contributed by atoms with Crippen LogP contribution in [0.25, 0.3) is 0 Å². The second-order valence-corrected chi connectivity index (χ2v) is 2.68. The fraction of sp³-hybridized carbons (Fsp3) is 0.875. The van der Waals surface area contributed by atoms with Gasteiger partial charge in [0.1, 0.15) is 0 Å². The van der Waals surface area contributed by atoms with Crippen LogP contribution in [0.2, 0.25) is 0 Å². The standard InChI is InChI=1S/C8H16O4/c1-4-6-8(3,11-5-2)12-7(9)10/h4-6H2,1-3H3,(H,9,10). The summed E-state index contributed by atoms with van der Waals surface area (Å²) in [5, 5.41) is 8.40. The molecule has 0 aliphatic carbocycles. The van der Waals surface area contributed by atoms with E-state index in [2.05, 4.69) is 4.74 Å². The fourth-order valence-electron chi connectivity index (χ4n) is 1.10. The van der Waals surface area contributed by atoms with Crippen LogP contribution in [0.15, 0.2) is 0 Å². The predicted molar refractivity (Wildman–Crippen MR) is 44.0 cm³/mol. The van der Waals surface area contributed by atoms with Gasteiger partial charge >= 0.3 is 6.16 Å². The van der Waals surface area contributed by atoms with Crippen LogP contribution in [0.5, 0.6) is 0 Å². The largest absolute Gasteiger partial charge is 0.508 e. The minimum absolute atomic E-state index is 0.448. The van der Waals surface area contributed by atoms with Crippen LogP contribution >= 0.6 is 0 Å². The van der Waals surface area contributed by atoms with E-state index >= 15 is 0 Å². The Kier molecular flexibility index (Phi) is 4.66. The third kappa shape index (κ3) is 4.18. The Hall–Kier alpha value is -0.770. The molecule has 4 nitrogen and oxygen atoms in total. The van der Waals surface area contributed by atoms with Crippen molar-refractivity contribution in [3.8, 4) is 0 Å². The maximum Gasteiger partial charge on any atom is 0.508 e. The van der Waals surface area contributed by atoms with Gasteiger partial charge in [0.2, 0.25) is 5.79 Å². The molecular weight excluding hydrogens is 160 g/mol. The summed E-state index contributed by atoms with van der Waals surface area (Å²) >= 11 is 0. The Morgan fingerprint density at radius 2 is 2.08 bits per heavy atom. The second-order valence-electron chi connectivity index (χ2n) is 2.68. The summed E-state index contributed by atoms with van der Waals surface area (Å²) in [5.74, 6) is -0.977. The molecule has 0 fully saturated rings. The van der Waals surface area contributed by atoms with Crippen molar-refractivity contribution < 1.29 is 19.4 Å². The molecule has 0 spiro atoms. The zero-order valence-corrected chi connectivity index (χ0v) is 7.79. The number of ether oxygens (including phenoxy) is 2. The van der Waals surface area contributed by atoms with E-state index in [0.717, 1.165) is 6.42 Å². The molecule has 12 heavy (non-hydrogen) atoms. The summed E-state index contributed by atoms with van der Waals surface area (Å²) in [6.07, 6.45) is 0.108. The van der Waals surface area contributed by atoms with Crippen molar-refractivity contribution in [3.63, 3.8) is 0 Å². The molecule has 0 aliphatic heterocycles. The molecule has 0 heterocycles. The lowest BCUT2D eigenvalue weighted by Gasteiger charge is -2.26. The van der Waals surface area contributed by atoms with E-state index in [9.17, 15) is 4.79 Å². The lowest BCUT2D eigenvalue weighted by molar-refractivity contribution is -0.199. The maximum atomic E-state index is 10.3. The number of hydrogen-bond donors (Lipinski definition) is 1. The van der Waals surface area contributed by atoms with Crippen molar-refractivity contribution in [2.45, 2.75) is 39.4 Å². The van der Waals surface area contributed by atoms with Crippen molar-refractivity contribution in [2.24, 2.45) is 0 Å². The third-order valence-corrected chi connectivity index (χ3v) is 1.46. The fourth-order valence-corrected chi connectivity index (χ4v) is 1.10. The van der Waals surface area contributed by atoms with Crippen molar-refractivity contribution in [1.82, 2.24) is 0 Å². The minimum atomic E-state index is -1.29. The first-order chi connectivity index (χ1) is 5.54. The normalized spacial score (nSPS) is 15.2. The van der Waals surface area contributed by atoms with E-state index in [1.807, 2.05) is 6.92 Å². The molecule has 4 heteroatoms. The summed E-state index contributed by atoms with van der Waals surface area (Å²) in [6, 6.07) is 0. The monoisotopic (exact) mass is 176 g/mol. The van der Waals surface area contributed by atoms with Crippen molar-refractivity contribution >= 4 is 6.16 Å². The SMILES string of the molecule is CCCC(C)(OCC)OC(=O)O. The summed E-state index contributed by atoms with van der Waals surface area (Å²) in [5.41, 5.74) is 0. The first kappa shape index (κ1) is 11.2. The molecule has 0 aromatic heterocycles. The van der Waals surface area contributed by atoms with Crippen LogP contribution < -0.4 is 0 Å². The number of carboxylic acid groups (broad SMARTS) is 1. The van der Waals surface area contributed by atoms with Gasteiger partial charge in [-0.15, -0.1) is 0 Å². The number of hydrogen-bond acceptors (Lipinski definition) is 3. The molecule has 0 rings (SSSR count). The van der Waals surface area contributed by atoms with E-state index in [1.54, 1.807) is 13.8 Å². The second kappa shape index (κ2) is 4.98. The zero-order chi connectivity index (χ0) is 9.61. The Morgan fingerprint density at radius 3 is 2.42 bits per heavy atom. The van der Waals surface area contributed by atoms with Gasteiger partial charge in [-0.05, 0) is 13.3 Å². The molecule has 1 atom stereocenters. The molecule has 1 N–H and O–H groups in total. The summed E-state index contributed by atoms with van der Waals surface area (Å²) in [6.45, 7) is 5.83. The molecule has 1 unspecified atom stereocenters. The lowest BCUT2D eigenvalue weighted by atomic mass is 10.2. The van der Waals surface area contributed by atoms with Gasteiger partial charge in [0.15, 0.2) is 0 Å². The smallest absolute Gasteiger partial charge is 0.450 e. The molecule has 0 aromatic carbocycles. The van der Waals surface area contributed by atoms with Gasteiger partial charge in [-0.1, -0.05) is 6.92 Å². The van der Waals surface area contributed by atoms with E-state index < -0.39 is 11.9 Å². The molecule has 0 radical (unpaired) electrons. The quantitative estimate of drug-likeness (QED) is 0.515. The van der Waals surface area contributed by atoms with E-state index in [1.165, 1.54) is 0 Å². The van der Waals surface area contributed by atoms with Crippen LogP contribution in [0.1, 0.15) is 33.6 Å². The highest BCUT2D eigenvalue weighted by molar-refractivity contribution is 5.57. The highest BCUT2D eigenvalue weighted by Crippen LogP contribution is 2.19. The average Bonchev–Trinajstić information content (AvgIpc) is 1.85. The van der Waals surface area contributed by atoms with Gasteiger partial charge in [0.05, 0.1) is 0 Å². The summed E-state index contributed by atoms with van der Waals surface area (Å²) in [7, 11) is 0. The van der Waals surface area contributed by atoms with E-state index in [-0.39, 0.29) is 0 Å². The molecule has 0 bridgehead atoms. The van der Waals surface area contributed by atoms with Gasteiger partial charge < -0.3 is 14.6 Å². The van der Waals surface area contributed by atoms with Crippen LogP contribution in [0.3, 0.4) is 0 Å². The van der Waals surface area contributed by atoms with Gasteiger partial charge in [0.25, 0.3) is 0 Å². The summed E-state index contributed by atoms with van der Waals surface area (Å²) in [4.78, 5) is 10.3. The minimum Gasteiger partial charge on any atom is -0.450 e. The predicted octanol–water partition coefficient (Wildman–Crippen LogP) is 2.23. The van der Waals surface area contributed by atoms with E-state index in [0.29, 0.717) is 13.0 Å². The van der Waals surface area contributed by atoms with Gasteiger partial charge in [-0.3, -0.25) is 0 Å². The van der Waals surface area contributed by atoms with Crippen molar-refractivity contribution in [3.05, 3.63) is 0 Å². The Labute approximate surface area is 72.5 Å². The number of rotatable bonds is 5. The lowest BCUT2D eigenvalue weighted by Crippen LogP contribution is -2.34. The molecule has 0 aromatic rings. The Morgan fingerprint density at radius 1 is 1.50 bits per heavy atom. The van der Waals surface area contributed by atoms with Crippen molar-refractivity contribution in [2.75, 3.05) is 6.61 Å². The third-order valence-electron chi connectivity index (χ3n) is 1.46. The first-order valence-electron chi connectivity index (χ1n) is 4.10. The molecular formula is C8H16O4. The Balaban J connectivity index is 4.07. The van der Waals surface area contributed by atoms with E-state index in [4.69, 9.17) is 9.84 Å². The van der Waals surface area contributed by atoms with Crippen molar-refractivity contribution in [1.29, 1.82) is 0 Å². The first-order valence-corrected chi connectivity index (χ1v) is 4.10. The maximum absolute atomic E-state index is 10.3. The highest BCUT2D eigenvalue weighted by Gasteiger charge is 2.27. The summed E-state index contributed by atoms with van der Waals surface area (Å²) < 4.78 is 9.79. The molecule has 0 amide bonds. The molecule has 0 saturated carbocycles. The molecule has 0 aliphatic rings. The van der Waals surface area contributed by atoms with Crippen LogP contribution in [-0.2, 0) is 9.47 Å². The number of carbonyl (C=O) groups is 1. The Bertz CT molecular complexity index is 138. The van der Waals surface area contributed by atoms with Gasteiger partial charge in [-0.2, -0.15) is 0 Å². The molecule has 0 saturated heterocycles. The highest BCUT2D eigenvalue weighted by atomic mass is 16.8. The topological polar surface area (TPSA) is 55.8 Å². The van der Waals surface area contributed by atoms with Gasteiger partial charge in [-0.25, -0.2) is 4.79 Å². The average molecular weight is 176 g/mol. The van der Waals surface area contributed by atoms with Gasteiger partial charge in [0, 0.05) is 20.0 Å². The molecule has 72 valence electrons. The van der Waals surface area contributed by atoms with Crippen LogP contribution in [-0.4, -0.2) is 23.7 Å². The zero-order valence-electron chi connectivity index (χ0n) is 7.79. The van der Waals surface area contributed by atoms with Crippen LogP contribution in [0, 0.1) is 0 Å².